The summed E-state index contributed by atoms with van der Waals surface area (Å²) in [7, 11) is 1.58. The Kier molecular flexibility index (Phi) is 7.78. The maximum absolute atomic E-state index is 13.2. The van der Waals surface area contributed by atoms with Crippen molar-refractivity contribution in [3.05, 3.63) is 95.8 Å². The molecule has 11 heteroatoms. The van der Waals surface area contributed by atoms with Crippen LogP contribution in [0.15, 0.2) is 73.4 Å². The molecule has 0 atom stereocenters. The zero-order chi connectivity index (χ0) is 27.9. The van der Waals surface area contributed by atoms with Crippen molar-refractivity contribution in [2.45, 2.75) is 0 Å². The standard InChI is InChI=1S/C29H25N7O4/c1-40-25-6-4-23(5-7-25)33-28(38)27-26(8-9-32-34-27)35-10-12-36(13-11-35)29(39)22-14-20(16-30-18-22)2-3-21-15-24(37)19-31-17-21/h4-9,14-19,37H,10-13H2,1H3,(H,33,38). The van der Waals surface area contributed by atoms with Crippen molar-refractivity contribution < 1.29 is 19.4 Å². The van der Waals surface area contributed by atoms with Gasteiger partial charge < -0.3 is 25.0 Å². The molecule has 3 aromatic heterocycles. The highest BCUT2D eigenvalue weighted by Crippen LogP contribution is 2.22. The molecule has 4 aromatic rings. The molecule has 0 saturated carbocycles. The fourth-order valence-corrected chi connectivity index (χ4v) is 4.21. The van der Waals surface area contributed by atoms with Crippen molar-refractivity contribution in [3.63, 3.8) is 0 Å². The van der Waals surface area contributed by atoms with Gasteiger partial charge in [-0.1, -0.05) is 11.8 Å². The zero-order valence-corrected chi connectivity index (χ0v) is 21.6. The number of aromatic hydroxyl groups is 1. The van der Waals surface area contributed by atoms with Gasteiger partial charge in [0.25, 0.3) is 11.8 Å². The summed E-state index contributed by atoms with van der Waals surface area (Å²) in [4.78, 5) is 38.1. The number of carbonyl (C=O) groups is 2. The molecule has 5 rings (SSSR count). The minimum absolute atomic E-state index is 0.0283. The summed E-state index contributed by atoms with van der Waals surface area (Å²) in [6.07, 6.45) is 7.51. The molecule has 40 heavy (non-hydrogen) atoms. The molecule has 0 radical (unpaired) electrons. The monoisotopic (exact) mass is 535 g/mol. The van der Waals surface area contributed by atoms with Gasteiger partial charge in [0.2, 0.25) is 0 Å². The number of amides is 2. The van der Waals surface area contributed by atoms with E-state index in [2.05, 4.69) is 37.3 Å². The summed E-state index contributed by atoms with van der Waals surface area (Å²) >= 11 is 0. The summed E-state index contributed by atoms with van der Waals surface area (Å²) < 4.78 is 5.16. The molecule has 0 aliphatic carbocycles. The first-order chi connectivity index (χ1) is 19.5. The van der Waals surface area contributed by atoms with E-state index in [4.69, 9.17) is 4.74 Å². The molecule has 1 aliphatic heterocycles. The number of hydrogen-bond donors (Lipinski definition) is 2. The predicted octanol–water partition coefficient (Wildman–Crippen LogP) is 2.60. The third-order valence-electron chi connectivity index (χ3n) is 6.23. The number of nitrogens with zero attached hydrogens (tertiary/aromatic N) is 6. The molecule has 11 nitrogen and oxygen atoms in total. The van der Waals surface area contributed by atoms with Crippen LogP contribution >= 0.6 is 0 Å². The first-order valence-electron chi connectivity index (χ1n) is 12.4. The number of aromatic nitrogens is 4. The molecule has 2 N–H and O–H groups in total. The molecule has 0 unspecified atom stereocenters. The van der Waals surface area contributed by atoms with Gasteiger partial charge in [-0.2, -0.15) is 5.10 Å². The summed E-state index contributed by atoms with van der Waals surface area (Å²) in [5.41, 5.74) is 3.01. The van der Waals surface area contributed by atoms with Crippen molar-refractivity contribution >= 4 is 23.2 Å². The number of pyridine rings is 2. The van der Waals surface area contributed by atoms with Crippen molar-refractivity contribution in [3.8, 4) is 23.3 Å². The SMILES string of the molecule is COc1ccc(NC(=O)c2nnccc2N2CCN(C(=O)c3cncc(C#Cc4cncc(O)c4)c3)CC2)cc1. The normalized spacial score (nSPS) is 12.7. The third kappa shape index (κ3) is 6.14. The highest BCUT2D eigenvalue weighted by atomic mass is 16.5. The summed E-state index contributed by atoms with van der Waals surface area (Å²) in [5.74, 6) is 6.05. The molecule has 1 aliphatic rings. The second-order valence-electron chi connectivity index (χ2n) is 8.87. The Balaban J connectivity index is 1.23. The van der Waals surface area contributed by atoms with E-state index in [1.165, 1.54) is 18.5 Å². The first-order valence-corrected chi connectivity index (χ1v) is 12.4. The quantitative estimate of drug-likeness (QED) is 0.370. The zero-order valence-electron chi connectivity index (χ0n) is 21.6. The van der Waals surface area contributed by atoms with E-state index >= 15 is 0 Å². The van der Waals surface area contributed by atoms with E-state index in [-0.39, 0.29) is 23.3 Å². The van der Waals surface area contributed by atoms with Crippen LogP contribution < -0.4 is 15.0 Å². The third-order valence-corrected chi connectivity index (χ3v) is 6.23. The lowest BCUT2D eigenvalue weighted by Gasteiger charge is -2.36. The van der Waals surface area contributed by atoms with Gasteiger partial charge in [0.15, 0.2) is 5.69 Å². The highest BCUT2D eigenvalue weighted by molar-refractivity contribution is 6.06. The van der Waals surface area contributed by atoms with Gasteiger partial charge >= 0.3 is 0 Å². The summed E-state index contributed by atoms with van der Waals surface area (Å²) in [5, 5.41) is 20.4. The van der Waals surface area contributed by atoms with Gasteiger partial charge in [0.1, 0.15) is 11.5 Å². The molecular weight excluding hydrogens is 510 g/mol. The lowest BCUT2D eigenvalue weighted by Crippen LogP contribution is -2.49. The first kappa shape index (κ1) is 26.1. The van der Waals surface area contributed by atoms with Crippen LogP contribution in [-0.2, 0) is 0 Å². The molecule has 0 bridgehead atoms. The van der Waals surface area contributed by atoms with Gasteiger partial charge in [0.05, 0.1) is 30.8 Å². The van der Waals surface area contributed by atoms with Crippen LogP contribution in [0.3, 0.4) is 0 Å². The number of nitrogens with one attached hydrogen (secondary N) is 1. The molecule has 1 aromatic carbocycles. The van der Waals surface area contributed by atoms with Crippen LogP contribution in [0.25, 0.3) is 0 Å². The Labute approximate surface area is 230 Å². The number of piperazine rings is 1. The largest absolute Gasteiger partial charge is 0.506 e. The number of anilines is 2. The van der Waals surface area contributed by atoms with Crippen molar-refractivity contribution in [1.82, 2.24) is 25.1 Å². The number of methoxy groups -OCH3 is 1. The molecule has 1 saturated heterocycles. The van der Waals surface area contributed by atoms with Crippen LogP contribution in [0.4, 0.5) is 11.4 Å². The number of rotatable bonds is 5. The second-order valence-corrected chi connectivity index (χ2v) is 8.87. The van der Waals surface area contributed by atoms with Crippen LogP contribution in [0.2, 0.25) is 0 Å². The maximum atomic E-state index is 13.2. The highest BCUT2D eigenvalue weighted by Gasteiger charge is 2.26. The summed E-state index contributed by atoms with van der Waals surface area (Å²) in [6, 6.07) is 12.0. The molecular formula is C29H25N7O4. The van der Waals surface area contributed by atoms with E-state index in [0.29, 0.717) is 60.0 Å². The van der Waals surface area contributed by atoms with E-state index in [1.54, 1.807) is 67.0 Å². The predicted molar refractivity (Wildman–Crippen MR) is 147 cm³/mol. The minimum atomic E-state index is -0.378. The second kappa shape index (κ2) is 11.9. The van der Waals surface area contributed by atoms with Crippen molar-refractivity contribution in [2.75, 3.05) is 43.5 Å². The van der Waals surface area contributed by atoms with Crippen LogP contribution in [-0.4, -0.2) is 75.3 Å². The van der Waals surface area contributed by atoms with Crippen molar-refractivity contribution in [2.24, 2.45) is 0 Å². The van der Waals surface area contributed by atoms with E-state index in [0.717, 1.165) is 0 Å². The summed E-state index contributed by atoms with van der Waals surface area (Å²) in [6.45, 7) is 1.92. The minimum Gasteiger partial charge on any atom is -0.506 e. The van der Waals surface area contributed by atoms with E-state index in [1.807, 2.05) is 4.90 Å². The molecule has 1 fully saturated rings. The lowest BCUT2D eigenvalue weighted by atomic mass is 10.1. The van der Waals surface area contributed by atoms with Crippen LogP contribution in [0.1, 0.15) is 32.0 Å². The molecule has 0 spiro atoms. The fraction of sp³-hybridized carbons (Fsp3) is 0.172. The number of benzene rings is 1. The molecule has 2 amide bonds. The average Bonchev–Trinajstić information content (AvgIpc) is 3.00. The lowest BCUT2D eigenvalue weighted by molar-refractivity contribution is 0.0745. The van der Waals surface area contributed by atoms with E-state index in [9.17, 15) is 14.7 Å². The van der Waals surface area contributed by atoms with Gasteiger partial charge in [-0.15, -0.1) is 5.10 Å². The number of carbonyl (C=O) groups excluding carboxylic acids is 2. The van der Waals surface area contributed by atoms with Gasteiger partial charge in [0, 0.05) is 61.6 Å². The van der Waals surface area contributed by atoms with Gasteiger partial charge in [-0.05, 0) is 42.5 Å². The topological polar surface area (TPSA) is 134 Å². The van der Waals surface area contributed by atoms with Crippen molar-refractivity contribution in [1.29, 1.82) is 0 Å². The van der Waals surface area contributed by atoms with Gasteiger partial charge in [-0.25, -0.2) is 0 Å². The average molecular weight is 536 g/mol. The number of ether oxygens (including phenoxy) is 1. The van der Waals surface area contributed by atoms with Crippen LogP contribution in [0.5, 0.6) is 11.5 Å². The Bertz CT molecular complexity index is 1590. The maximum Gasteiger partial charge on any atom is 0.278 e. The Morgan fingerprint density at radius 1 is 0.925 bits per heavy atom. The van der Waals surface area contributed by atoms with Gasteiger partial charge in [-0.3, -0.25) is 19.6 Å². The number of hydrogen-bond acceptors (Lipinski definition) is 9. The Morgan fingerprint density at radius 3 is 2.33 bits per heavy atom. The smallest absolute Gasteiger partial charge is 0.278 e. The van der Waals surface area contributed by atoms with E-state index < -0.39 is 0 Å². The molecule has 200 valence electrons. The molecule has 4 heterocycles. The Morgan fingerprint density at radius 2 is 1.62 bits per heavy atom. The van der Waals surface area contributed by atoms with Crippen LogP contribution in [0, 0.1) is 11.8 Å². The Hall–Kier alpha value is -5.50. The fourth-order valence-electron chi connectivity index (χ4n) is 4.21.